The number of halogens is 3. The Labute approximate surface area is 107 Å². The van der Waals surface area contributed by atoms with Crippen molar-refractivity contribution in [1.29, 1.82) is 0 Å². The van der Waals surface area contributed by atoms with E-state index in [0.717, 1.165) is 6.42 Å². The number of hydrogen-bond donors (Lipinski definition) is 1. The van der Waals surface area contributed by atoms with Crippen LogP contribution in [0.5, 0.6) is 0 Å². The Balaban J connectivity index is 0.000000399. The molecule has 1 rings (SSSR count). The van der Waals surface area contributed by atoms with Gasteiger partial charge in [0.15, 0.2) is 0 Å². The van der Waals surface area contributed by atoms with E-state index in [9.17, 15) is 18.0 Å². The number of carbonyl (C=O) groups is 2. The van der Waals surface area contributed by atoms with E-state index in [1.165, 1.54) is 12.7 Å². The van der Waals surface area contributed by atoms with E-state index in [2.05, 4.69) is 4.74 Å². The number of ether oxygens (including phenoxy) is 1. The van der Waals surface area contributed by atoms with Crippen molar-refractivity contribution in [2.24, 2.45) is 0 Å². The lowest BCUT2D eigenvalue weighted by atomic mass is 10.1. The second-order valence-corrected chi connectivity index (χ2v) is 3.36. The van der Waals surface area contributed by atoms with Crippen molar-refractivity contribution in [3.63, 3.8) is 0 Å². The molecule has 0 spiro atoms. The number of benzene rings is 1. The maximum atomic E-state index is 10.8. The van der Waals surface area contributed by atoms with Gasteiger partial charge < -0.3 is 9.84 Å². The first-order valence-electron chi connectivity index (χ1n) is 5.18. The number of carboxylic acid groups (broad SMARTS) is 1. The Morgan fingerprint density at radius 3 is 2.05 bits per heavy atom. The van der Waals surface area contributed by atoms with Crippen LogP contribution in [0.2, 0.25) is 0 Å². The zero-order valence-electron chi connectivity index (χ0n) is 10.1. The van der Waals surface area contributed by atoms with E-state index in [1.54, 1.807) is 0 Å². The molecule has 0 fully saturated rings. The summed E-state index contributed by atoms with van der Waals surface area (Å²) in [4.78, 5) is 19.7. The zero-order valence-corrected chi connectivity index (χ0v) is 10.1. The van der Waals surface area contributed by atoms with Gasteiger partial charge in [0.25, 0.3) is 0 Å². The van der Waals surface area contributed by atoms with Crippen LogP contribution in [0.1, 0.15) is 12.0 Å². The molecule has 0 amide bonds. The molecule has 0 aromatic heterocycles. The normalized spacial score (nSPS) is 10.1. The highest BCUT2D eigenvalue weighted by atomic mass is 19.4. The molecule has 7 heteroatoms. The minimum atomic E-state index is -5.08. The van der Waals surface area contributed by atoms with E-state index in [4.69, 9.17) is 9.90 Å². The SMILES string of the molecule is COC(=O)CCc1ccccc1.O=C(O)C(F)(F)F. The van der Waals surface area contributed by atoms with Gasteiger partial charge in [-0.15, -0.1) is 0 Å². The zero-order chi connectivity index (χ0) is 14.9. The van der Waals surface area contributed by atoms with Gasteiger partial charge in [-0.25, -0.2) is 4.79 Å². The Morgan fingerprint density at radius 2 is 1.68 bits per heavy atom. The number of rotatable bonds is 3. The summed E-state index contributed by atoms with van der Waals surface area (Å²) in [7, 11) is 1.41. The van der Waals surface area contributed by atoms with Crippen molar-refractivity contribution in [2.75, 3.05) is 7.11 Å². The number of alkyl halides is 3. The van der Waals surface area contributed by atoms with Gasteiger partial charge in [0, 0.05) is 6.42 Å². The van der Waals surface area contributed by atoms with Crippen LogP contribution in [0.3, 0.4) is 0 Å². The number of carbonyl (C=O) groups excluding carboxylic acids is 1. The molecule has 0 bridgehead atoms. The average Bonchev–Trinajstić information content (AvgIpc) is 2.36. The summed E-state index contributed by atoms with van der Waals surface area (Å²) in [6, 6.07) is 9.90. The molecule has 1 N–H and O–H groups in total. The summed E-state index contributed by atoms with van der Waals surface area (Å²) in [6.45, 7) is 0. The first kappa shape index (κ1) is 16.9. The van der Waals surface area contributed by atoms with Gasteiger partial charge in [0.1, 0.15) is 0 Å². The lowest BCUT2D eigenvalue weighted by Crippen LogP contribution is -2.21. The van der Waals surface area contributed by atoms with E-state index >= 15 is 0 Å². The van der Waals surface area contributed by atoms with Crippen molar-refractivity contribution in [2.45, 2.75) is 19.0 Å². The van der Waals surface area contributed by atoms with E-state index in [0.29, 0.717) is 6.42 Å². The molecular formula is C12H13F3O4. The van der Waals surface area contributed by atoms with Crippen LogP contribution in [0.15, 0.2) is 30.3 Å². The third-order valence-corrected chi connectivity index (χ3v) is 1.93. The second-order valence-electron chi connectivity index (χ2n) is 3.36. The maximum Gasteiger partial charge on any atom is 0.490 e. The topological polar surface area (TPSA) is 63.6 Å². The van der Waals surface area contributed by atoms with Crippen LogP contribution < -0.4 is 0 Å². The van der Waals surface area contributed by atoms with Gasteiger partial charge in [0.2, 0.25) is 0 Å². The van der Waals surface area contributed by atoms with E-state index in [-0.39, 0.29) is 5.97 Å². The number of carboxylic acids is 1. The predicted octanol–water partition coefficient (Wildman–Crippen LogP) is 2.43. The molecule has 0 atom stereocenters. The standard InChI is InChI=1S/C10H12O2.C2HF3O2/c1-12-10(11)8-7-9-5-3-2-4-6-9;3-2(4,5)1(6)7/h2-6H,7-8H2,1H3;(H,6,7). The highest BCUT2D eigenvalue weighted by molar-refractivity contribution is 5.73. The molecule has 0 aliphatic carbocycles. The van der Waals surface area contributed by atoms with Gasteiger partial charge in [0.05, 0.1) is 7.11 Å². The number of esters is 1. The fourth-order valence-corrected chi connectivity index (χ4v) is 0.993. The summed E-state index contributed by atoms with van der Waals surface area (Å²) < 4.78 is 36.3. The van der Waals surface area contributed by atoms with Crippen LogP contribution in [0.25, 0.3) is 0 Å². The van der Waals surface area contributed by atoms with Crippen LogP contribution in [0, 0.1) is 0 Å². The number of aryl methyl sites for hydroxylation is 1. The Kier molecular flexibility index (Phi) is 7.25. The molecule has 0 aliphatic heterocycles. The first-order chi connectivity index (χ1) is 8.77. The minimum absolute atomic E-state index is 0.154. The molecule has 4 nitrogen and oxygen atoms in total. The van der Waals surface area contributed by atoms with Crippen molar-refractivity contribution in [1.82, 2.24) is 0 Å². The second kappa shape index (κ2) is 8.12. The summed E-state index contributed by atoms with van der Waals surface area (Å²) in [5.74, 6) is -2.91. The molecule has 106 valence electrons. The summed E-state index contributed by atoms with van der Waals surface area (Å²) in [6.07, 6.45) is -3.87. The average molecular weight is 278 g/mol. The molecule has 0 saturated carbocycles. The number of hydrogen-bond acceptors (Lipinski definition) is 3. The largest absolute Gasteiger partial charge is 0.490 e. The summed E-state index contributed by atoms with van der Waals surface area (Å²) in [5.41, 5.74) is 1.17. The summed E-state index contributed by atoms with van der Waals surface area (Å²) >= 11 is 0. The molecular weight excluding hydrogens is 265 g/mol. The van der Waals surface area contributed by atoms with Gasteiger partial charge in [-0.05, 0) is 12.0 Å². The number of methoxy groups -OCH3 is 1. The highest BCUT2D eigenvalue weighted by Crippen LogP contribution is 2.13. The van der Waals surface area contributed by atoms with Crippen molar-refractivity contribution in [3.05, 3.63) is 35.9 Å². The van der Waals surface area contributed by atoms with E-state index < -0.39 is 12.1 Å². The third kappa shape index (κ3) is 8.64. The quantitative estimate of drug-likeness (QED) is 0.862. The fourth-order valence-electron chi connectivity index (χ4n) is 0.993. The van der Waals surface area contributed by atoms with Crippen LogP contribution in [-0.2, 0) is 20.7 Å². The molecule has 19 heavy (non-hydrogen) atoms. The molecule has 0 heterocycles. The van der Waals surface area contributed by atoms with Gasteiger partial charge in [-0.3, -0.25) is 4.79 Å². The predicted molar refractivity (Wildman–Crippen MR) is 60.5 cm³/mol. The molecule has 0 saturated heterocycles. The van der Waals surface area contributed by atoms with Gasteiger partial charge in [-0.1, -0.05) is 30.3 Å². The van der Waals surface area contributed by atoms with Crippen molar-refractivity contribution in [3.8, 4) is 0 Å². The van der Waals surface area contributed by atoms with Crippen LogP contribution in [-0.4, -0.2) is 30.3 Å². The first-order valence-corrected chi connectivity index (χ1v) is 5.18. The molecule has 0 radical (unpaired) electrons. The summed E-state index contributed by atoms with van der Waals surface area (Å²) in [5, 5.41) is 7.12. The monoisotopic (exact) mass is 278 g/mol. The molecule has 0 unspecified atom stereocenters. The van der Waals surface area contributed by atoms with Crippen LogP contribution in [0.4, 0.5) is 13.2 Å². The number of aliphatic carboxylic acids is 1. The third-order valence-electron chi connectivity index (χ3n) is 1.93. The Morgan fingerprint density at radius 1 is 1.21 bits per heavy atom. The van der Waals surface area contributed by atoms with Crippen molar-refractivity contribution >= 4 is 11.9 Å². The molecule has 1 aromatic rings. The lowest BCUT2D eigenvalue weighted by molar-refractivity contribution is -0.192. The maximum absolute atomic E-state index is 10.8. The Bertz CT molecular complexity index is 401. The van der Waals surface area contributed by atoms with Crippen LogP contribution >= 0.6 is 0 Å². The minimum Gasteiger partial charge on any atom is -0.475 e. The van der Waals surface area contributed by atoms with Crippen molar-refractivity contribution < 1.29 is 32.6 Å². The highest BCUT2D eigenvalue weighted by Gasteiger charge is 2.38. The lowest BCUT2D eigenvalue weighted by Gasteiger charge is -1.98. The molecule has 1 aromatic carbocycles. The molecule has 0 aliphatic rings. The smallest absolute Gasteiger partial charge is 0.475 e. The fraction of sp³-hybridized carbons (Fsp3) is 0.333. The van der Waals surface area contributed by atoms with Gasteiger partial charge >= 0.3 is 18.1 Å². The Hall–Kier alpha value is -2.05. The van der Waals surface area contributed by atoms with Gasteiger partial charge in [-0.2, -0.15) is 13.2 Å². The van der Waals surface area contributed by atoms with E-state index in [1.807, 2.05) is 30.3 Å².